The van der Waals surface area contributed by atoms with E-state index in [1.165, 1.54) is 0 Å². The number of aromatic hydroxyl groups is 1. The molecular weight excluding hydrogens is 240 g/mol. The topological polar surface area (TPSA) is 67.8 Å². The lowest BCUT2D eigenvalue weighted by Gasteiger charge is -2.03. The number of nitrogens with two attached hydrogens (primary N) is 1. The number of aliphatic imine (C=N–C) groups is 1. The summed E-state index contributed by atoms with van der Waals surface area (Å²) in [6.07, 6.45) is 1.61. The Labute approximate surface area is 112 Å². The molecule has 0 aliphatic heterocycles. The summed E-state index contributed by atoms with van der Waals surface area (Å²) in [6, 6.07) is 12.6. The monoisotopic (exact) mass is 256 g/mol. The maximum atomic E-state index is 9.73. The summed E-state index contributed by atoms with van der Waals surface area (Å²) in [6.45, 7) is 0.515. The van der Waals surface area contributed by atoms with E-state index in [0.29, 0.717) is 17.9 Å². The second-order valence-corrected chi connectivity index (χ2v) is 4.05. The zero-order valence-corrected chi connectivity index (χ0v) is 10.7. The predicted molar refractivity (Wildman–Crippen MR) is 76.2 cm³/mol. The van der Waals surface area contributed by atoms with E-state index in [4.69, 9.17) is 10.5 Å². The second-order valence-electron chi connectivity index (χ2n) is 4.05. The van der Waals surface area contributed by atoms with Crippen LogP contribution in [0.3, 0.4) is 0 Å². The molecule has 4 nitrogen and oxygen atoms in total. The summed E-state index contributed by atoms with van der Waals surface area (Å²) in [7, 11) is 1.58. The highest BCUT2D eigenvalue weighted by molar-refractivity contribution is 5.85. The fourth-order valence-electron chi connectivity index (χ4n) is 1.63. The van der Waals surface area contributed by atoms with Gasteiger partial charge < -0.3 is 15.6 Å². The molecule has 98 valence electrons. The molecule has 0 unspecified atom stereocenters. The summed E-state index contributed by atoms with van der Waals surface area (Å²) < 4.78 is 5.11. The first-order chi connectivity index (χ1) is 9.22. The lowest BCUT2D eigenvalue weighted by molar-refractivity contribution is 0.412. The molecule has 0 aromatic heterocycles. The van der Waals surface area contributed by atoms with Crippen molar-refractivity contribution in [1.29, 1.82) is 0 Å². The number of phenols is 1. The SMILES string of the molecule is COc1ccc(O)c(C=Nc2ccc(CN)cc2)c1. The zero-order valence-electron chi connectivity index (χ0n) is 10.7. The second kappa shape index (κ2) is 6.02. The van der Waals surface area contributed by atoms with Gasteiger partial charge in [0, 0.05) is 18.3 Å². The molecule has 2 aromatic carbocycles. The van der Waals surface area contributed by atoms with E-state index in [0.717, 1.165) is 11.3 Å². The highest BCUT2D eigenvalue weighted by atomic mass is 16.5. The minimum absolute atomic E-state index is 0.170. The Morgan fingerprint density at radius 2 is 1.95 bits per heavy atom. The summed E-state index contributed by atoms with van der Waals surface area (Å²) in [5.41, 5.74) is 8.01. The lowest BCUT2D eigenvalue weighted by atomic mass is 10.2. The molecule has 0 saturated heterocycles. The number of hydrogen-bond acceptors (Lipinski definition) is 4. The maximum Gasteiger partial charge on any atom is 0.124 e. The number of rotatable bonds is 4. The highest BCUT2D eigenvalue weighted by Gasteiger charge is 2.00. The van der Waals surface area contributed by atoms with Crippen LogP contribution in [0.2, 0.25) is 0 Å². The van der Waals surface area contributed by atoms with E-state index in [-0.39, 0.29) is 5.75 Å². The van der Waals surface area contributed by atoms with Gasteiger partial charge in [-0.1, -0.05) is 12.1 Å². The Morgan fingerprint density at radius 3 is 2.58 bits per heavy atom. The van der Waals surface area contributed by atoms with Gasteiger partial charge in [-0.2, -0.15) is 0 Å². The molecule has 0 saturated carbocycles. The first-order valence-corrected chi connectivity index (χ1v) is 5.93. The number of benzene rings is 2. The van der Waals surface area contributed by atoms with Crippen molar-refractivity contribution in [1.82, 2.24) is 0 Å². The van der Waals surface area contributed by atoms with Crippen molar-refractivity contribution in [3.8, 4) is 11.5 Å². The molecule has 3 N–H and O–H groups in total. The van der Waals surface area contributed by atoms with Gasteiger partial charge in [0.2, 0.25) is 0 Å². The van der Waals surface area contributed by atoms with Gasteiger partial charge in [-0.25, -0.2) is 0 Å². The minimum Gasteiger partial charge on any atom is -0.507 e. The zero-order chi connectivity index (χ0) is 13.7. The van der Waals surface area contributed by atoms with E-state index in [1.54, 1.807) is 31.5 Å². The molecule has 0 aliphatic carbocycles. The maximum absolute atomic E-state index is 9.73. The number of ether oxygens (including phenoxy) is 1. The molecule has 19 heavy (non-hydrogen) atoms. The molecule has 0 spiro atoms. The predicted octanol–water partition coefficient (Wildman–Crippen LogP) is 2.61. The van der Waals surface area contributed by atoms with Crippen LogP contribution in [0.15, 0.2) is 47.5 Å². The Kier molecular flexibility index (Phi) is 4.15. The Bertz CT molecular complexity index is 577. The number of phenolic OH excluding ortho intramolecular Hbond substituents is 1. The van der Waals surface area contributed by atoms with E-state index in [2.05, 4.69) is 4.99 Å². The molecule has 4 heteroatoms. The standard InChI is InChI=1S/C15H16N2O2/c1-19-14-6-7-15(18)12(8-14)10-17-13-4-2-11(9-16)3-5-13/h2-8,10,18H,9,16H2,1H3. The van der Waals surface area contributed by atoms with Crippen LogP contribution in [-0.2, 0) is 6.54 Å². The summed E-state index contributed by atoms with van der Waals surface area (Å²) in [5, 5.41) is 9.73. The normalized spacial score (nSPS) is 10.8. The lowest BCUT2D eigenvalue weighted by Crippen LogP contribution is -1.94. The fraction of sp³-hybridized carbons (Fsp3) is 0.133. The van der Waals surface area contributed by atoms with E-state index < -0.39 is 0 Å². The Morgan fingerprint density at radius 1 is 1.21 bits per heavy atom. The molecular formula is C15H16N2O2. The fourth-order valence-corrected chi connectivity index (χ4v) is 1.63. The van der Waals surface area contributed by atoms with Gasteiger partial charge in [0.1, 0.15) is 11.5 Å². The Hall–Kier alpha value is -2.33. The van der Waals surface area contributed by atoms with Gasteiger partial charge in [-0.15, -0.1) is 0 Å². The van der Waals surface area contributed by atoms with Crippen LogP contribution in [0, 0.1) is 0 Å². The minimum atomic E-state index is 0.170. The number of nitrogens with zero attached hydrogens (tertiary/aromatic N) is 1. The quantitative estimate of drug-likeness (QED) is 0.826. The van der Waals surface area contributed by atoms with Crippen LogP contribution >= 0.6 is 0 Å². The third kappa shape index (κ3) is 3.33. The van der Waals surface area contributed by atoms with Crippen LogP contribution < -0.4 is 10.5 Å². The van der Waals surface area contributed by atoms with Gasteiger partial charge >= 0.3 is 0 Å². The largest absolute Gasteiger partial charge is 0.507 e. The summed E-state index contributed by atoms with van der Waals surface area (Å²) in [4.78, 5) is 4.31. The molecule has 0 aliphatic rings. The molecule has 0 fully saturated rings. The van der Waals surface area contributed by atoms with Crippen molar-refractivity contribution in [2.45, 2.75) is 6.54 Å². The first-order valence-electron chi connectivity index (χ1n) is 5.93. The molecule has 2 aromatic rings. The van der Waals surface area contributed by atoms with Gasteiger partial charge in [0.05, 0.1) is 12.8 Å². The van der Waals surface area contributed by atoms with Crippen LogP contribution in [0.1, 0.15) is 11.1 Å². The summed E-state index contributed by atoms with van der Waals surface area (Å²) in [5.74, 6) is 0.848. The van der Waals surface area contributed by atoms with Crippen molar-refractivity contribution in [3.63, 3.8) is 0 Å². The van der Waals surface area contributed by atoms with Crippen LogP contribution in [0.25, 0.3) is 0 Å². The van der Waals surface area contributed by atoms with E-state index in [9.17, 15) is 5.11 Å². The summed E-state index contributed by atoms with van der Waals surface area (Å²) >= 11 is 0. The molecule has 0 radical (unpaired) electrons. The Balaban J connectivity index is 2.21. The molecule has 0 amide bonds. The van der Waals surface area contributed by atoms with Crippen molar-refractivity contribution in [2.24, 2.45) is 10.7 Å². The van der Waals surface area contributed by atoms with Crippen molar-refractivity contribution >= 4 is 11.9 Å². The van der Waals surface area contributed by atoms with Gasteiger partial charge in [0.15, 0.2) is 0 Å². The highest BCUT2D eigenvalue weighted by Crippen LogP contribution is 2.22. The third-order valence-corrected chi connectivity index (χ3v) is 2.76. The average molecular weight is 256 g/mol. The van der Waals surface area contributed by atoms with Crippen molar-refractivity contribution < 1.29 is 9.84 Å². The van der Waals surface area contributed by atoms with E-state index >= 15 is 0 Å². The van der Waals surface area contributed by atoms with Gasteiger partial charge in [0.25, 0.3) is 0 Å². The van der Waals surface area contributed by atoms with Gasteiger partial charge in [-0.3, -0.25) is 4.99 Å². The third-order valence-electron chi connectivity index (χ3n) is 2.76. The smallest absolute Gasteiger partial charge is 0.124 e. The van der Waals surface area contributed by atoms with Crippen molar-refractivity contribution in [3.05, 3.63) is 53.6 Å². The number of methoxy groups -OCH3 is 1. The van der Waals surface area contributed by atoms with E-state index in [1.807, 2.05) is 24.3 Å². The molecule has 2 rings (SSSR count). The first kappa shape index (κ1) is 13.1. The number of hydrogen-bond donors (Lipinski definition) is 2. The van der Waals surface area contributed by atoms with Gasteiger partial charge in [-0.05, 0) is 35.9 Å². The molecule has 0 bridgehead atoms. The molecule has 0 atom stereocenters. The van der Waals surface area contributed by atoms with Crippen LogP contribution in [0.4, 0.5) is 5.69 Å². The molecule has 0 heterocycles. The van der Waals surface area contributed by atoms with Crippen LogP contribution in [-0.4, -0.2) is 18.4 Å². The van der Waals surface area contributed by atoms with Crippen molar-refractivity contribution in [2.75, 3.05) is 7.11 Å². The van der Waals surface area contributed by atoms with Crippen LogP contribution in [0.5, 0.6) is 11.5 Å². The average Bonchev–Trinajstić information content (AvgIpc) is 2.47.